The molecule has 2 aliphatic rings. The van der Waals surface area contributed by atoms with Gasteiger partial charge in [0.15, 0.2) is 5.82 Å². The van der Waals surface area contributed by atoms with Crippen molar-refractivity contribution in [1.82, 2.24) is 9.97 Å². The maximum absolute atomic E-state index is 13.1. The first-order valence-electron chi connectivity index (χ1n) is 9.55. The van der Waals surface area contributed by atoms with Crippen LogP contribution in [0.1, 0.15) is 5.56 Å². The van der Waals surface area contributed by atoms with Gasteiger partial charge in [0.1, 0.15) is 5.82 Å². The van der Waals surface area contributed by atoms with Gasteiger partial charge in [-0.25, -0.2) is 14.8 Å². The predicted octanol–water partition coefficient (Wildman–Crippen LogP) is 4.92. The highest BCUT2D eigenvalue weighted by atomic mass is 19.4. The first-order valence-corrected chi connectivity index (χ1v) is 9.55. The van der Waals surface area contributed by atoms with E-state index in [1.165, 1.54) is 11.0 Å². The number of aromatic nitrogens is 2. The van der Waals surface area contributed by atoms with Gasteiger partial charge in [-0.3, -0.25) is 10.2 Å². The Morgan fingerprint density at radius 3 is 2.74 bits per heavy atom. The van der Waals surface area contributed by atoms with Gasteiger partial charge in [0.25, 0.3) is 0 Å². The lowest BCUT2D eigenvalue weighted by molar-refractivity contribution is -0.137. The van der Waals surface area contributed by atoms with Crippen molar-refractivity contribution in [1.29, 1.82) is 0 Å². The molecule has 2 amide bonds. The Morgan fingerprint density at radius 1 is 1.10 bits per heavy atom. The highest BCUT2D eigenvalue weighted by Gasteiger charge is 2.38. The van der Waals surface area contributed by atoms with E-state index < -0.39 is 17.8 Å². The predicted molar refractivity (Wildman–Crippen MR) is 111 cm³/mol. The average Bonchev–Trinajstić information content (AvgIpc) is 3.18. The summed E-state index contributed by atoms with van der Waals surface area (Å²) < 4.78 is 39.4. The minimum Gasteiger partial charge on any atom is -0.343 e. The number of carbonyl (C=O) groups is 1. The number of pyridine rings is 2. The molecule has 0 fully saturated rings. The zero-order chi connectivity index (χ0) is 21.6. The minimum atomic E-state index is -4.45. The Labute approximate surface area is 175 Å². The van der Waals surface area contributed by atoms with Crippen molar-refractivity contribution in [3.05, 3.63) is 78.6 Å². The molecule has 0 spiro atoms. The lowest BCUT2D eigenvalue weighted by Gasteiger charge is -2.35. The van der Waals surface area contributed by atoms with Gasteiger partial charge in [-0.05, 0) is 42.5 Å². The third-order valence-corrected chi connectivity index (χ3v) is 5.20. The number of benzene rings is 1. The van der Waals surface area contributed by atoms with Crippen LogP contribution in [0.3, 0.4) is 0 Å². The SMILES string of the molecule is O=C(Nc1ccccn1)N1c2nc(-c3cccc(C(F)(F)F)c3)ccc2N2C=C[C@H]1C2. The van der Waals surface area contributed by atoms with Gasteiger partial charge < -0.3 is 4.90 Å². The molecule has 31 heavy (non-hydrogen) atoms. The Balaban J connectivity index is 1.54. The second kappa shape index (κ2) is 7.12. The molecular formula is C22H16F3N5O. The van der Waals surface area contributed by atoms with E-state index in [2.05, 4.69) is 15.3 Å². The fraction of sp³-hybridized carbons (Fsp3) is 0.136. The van der Waals surface area contributed by atoms with Gasteiger partial charge in [0.2, 0.25) is 0 Å². The average molecular weight is 423 g/mol. The van der Waals surface area contributed by atoms with Gasteiger partial charge in [-0.2, -0.15) is 13.2 Å². The lowest BCUT2D eigenvalue weighted by Crippen LogP contribution is -2.48. The van der Waals surface area contributed by atoms with E-state index in [0.29, 0.717) is 35.1 Å². The summed E-state index contributed by atoms with van der Waals surface area (Å²) in [6.07, 6.45) is 0.890. The van der Waals surface area contributed by atoms with Crippen LogP contribution in [0, 0.1) is 0 Å². The van der Waals surface area contributed by atoms with Crippen LogP contribution < -0.4 is 15.1 Å². The van der Waals surface area contributed by atoms with Gasteiger partial charge in [-0.15, -0.1) is 0 Å². The summed E-state index contributed by atoms with van der Waals surface area (Å²) in [6, 6.07) is 12.9. The van der Waals surface area contributed by atoms with Crippen LogP contribution in [0.5, 0.6) is 0 Å². The van der Waals surface area contributed by atoms with Gasteiger partial charge in [0, 0.05) is 24.5 Å². The third kappa shape index (κ3) is 3.48. The number of nitrogens with one attached hydrogen (secondary N) is 1. The summed E-state index contributed by atoms with van der Waals surface area (Å²) in [4.78, 5) is 25.3. The van der Waals surface area contributed by atoms with Crippen molar-refractivity contribution in [2.45, 2.75) is 12.2 Å². The van der Waals surface area contributed by atoms with Crippen molar-refractivity contribution in [3.8, 4) is 11.3 Å². The first-order chi connectivity index (χ1) is 14.9. The number of hydrogen-bond donors (Lipinski definition) is 1. The molecule has 156 valence electrons. The maximum Gasteiger partial charge on any atom is 0.416 e. The molecule has 9 heteroatoms. The molecule has 0 saturated heterocycles. The van der Waals surface area contributed by atoms with Crippen molar-refractivity contribution in [2.24, 2.45) is 0 Å². The van der Waals surface area contributed by atoms with E-state index in [9.17, 15) is 18.0 Å². The second-order valence-corrected chi connectivity index (χ2v) is 7.19. The van der Waals surface area contributed by atoms with E-state index in [1.54, 1.807) is 42.6 Å². The minimum absolute atomic E-state index is 0.250. The van der Waals surface area contributed by atoms with Gasteiger partial charge in [-0.1, -0.05) is 18.2 Å². The molecule has 0 aliphatic carbocycles. The van der Waals surface area contributed by atoms with Crippen molar-refractivity contribution < 1.29 is 18.0 Å². The number of halogens is 3. The zero-order valence-corrected chi connectivity index (χ0v) is 16.0. The van der Waals surface area contributed by atoms with Gasteiger partial charge >= 0.3 is 12.2 Å². The fourth-order valence-electron chi connectivity index (χ4n) is 3.74. The molecule has 5 rings (SSSR count). The molecule has 2 bridgehead atoms. The molecule has 0 saturated carbocycles. The topological polar surface area (TPSA) is 61.4 Å². The van der Waals surface area contributed by atoms with Crippen LogP contribution >= 0.6 is 0 Å². The number of alkyl halides is 3. The quantitative estimate of drug-likeness (QED) is 0.636. The molecule has 2 aromatic heterocycles. The van der Waals surface area contributed by atoms with E-state index in [0.717, 1.165) is 12.1 Å². The Hall–Kier alpha value is -3.88. The summed E-state index contributed by atoms with van der Waals surface area (Å²) in [5, 5.41) is 2.76. The monoisotopic (exact) mass is 423 g/mol. The highest BCUT2D eigenvalue weighted by molar-refractivity contribution is 6.04. The lowest BCUT2D eigenvalue weighted by atomic mass is 10.1. The van der Waals surface area contributed by atoms with Crippen LogP contribution in [-0.2, 0) is 6.18 Å². The number of urea groups is 1. The number of nitrogens with zero attached hydrogens (tertiary/aromatic N) is 4. The van der Waals surface area contributed by atoms with Gasteiger partial charge in [0.05, 0.1) is 23.0 Å². The smallest absolute Gasteiger partial charge is 0.343 e. The van der Waals surface area contributed by atoms with Crippen molar-refractivity contribution in [3.63, 3.8) is 0 Å². The van der Waals surface area contributed by atoms with Crippen molar-refractivity contribution in [2.75, 3.05) is 21.7 Å². The Bertz CT molecular complexity index is 1180. The molecule has 1 aromatic carbocycles. The second-order valence-electron chi connectivity index (χ2n) is 7.19. The summed E-state index contributed by atoms with van der Waals surface area (Å²) in [7, 11) is 0. The molecule has 2 aliphatic heterocycles. The molecule has 3 aromatic rings. The summed E-state index contributed by atoms with van der Waals surface area (Å²) in [5.41, 5.74) is 0.628. The number of hydrogen-bond acceptors (Lipinski definition) is 4. The largest absolute Gasteiger partial charge is 0.416 e. The zero-order valence-electron chi connectivity index (χ0n) is 16.0. The normalized spacial score (nSPS) is 16.9. The van der Waals surface area contributed by atoms with Crippen LogP contribution in [0.4, 0.5) is 35.3 Å². The molecule has 1 N–H and O–H groups in total. The first kappa shape index (κ1) is 19.1. The molecule has 0 unspecified atom stereocenters. The molecular weight excluding hydrogens is 407 g/mol. The molecule has 4 heterocycles. The van der Waals surface area contributed by atoms with E-state index >= 15 is 0 Å². The standard InChI is InChI=1S/C22H16F3N5O/c23-22(24,25)15-5-3-4-14(12-15)17-7-8-18-20(27-17)30(16-9-11-29(18)13-16)21(31)28-19-6-1-2-10-26-19/h1-12,16H,13H2,(H,26,28,31)/t16-/m0/s1. The maximum atomic E-state index is 13.1. The summed E-state index contributed by atoms with van der Waals surface area (Å²) in [6.45, 7) is 0.577. The summed E-state index contributed by atoms with van der Waals surface area (Å²) >= 11 is 0. The third-order valence-electron chi connectivity index (χ3n) is 5.20. The number of amides is 2. The van der Waals surface area contributed by atoms with Crippen LogP contribution in [0.15, 0.2) is 73.1 Å². The highest BCUT2D eigenvalue weighted by Crippen LogP contribution is 2.40. The van der Waals surface area contributed by atoms with Crippen LogP contribution in [0.25, 0.3) is 11.3 Å². The van der Waals surface area contributed by atoms with Crippen LogP contribution in [0.2, 0.25) is 0 Å². The van der Waals surface area contributed by atoms with E-state index in [4.69, 9.17) is 0 Å². The number of carbonyl (C=O) groups excluding carboxylic acids is 1. The number of fused-ring (bicyclic) bond motifs is 4. The van der Waals surface area contributed by atoms with E-state index in [-0.39, 0.29) is 6.04 Å². The van der Waals surface area contributed by atoms with Crippen LogP contribution in [-0.4, -0.2) is 28.6 Å². The molecule has 6 nitrogen and oxygen atoms in total. The Morgan fingerprint density at radius 2 is 1.97 bits per heavy atom. The van der Waals surface area contributed by atoms with Crippen molar-refractivity contribution >= 4 is 23.4 Å². The molecule has 0 radical (unpaired) electrons. The number of rotatable bonds is 2. The summed E-state index contributed by atoms with van der Waals surface area (Å²) in [5.74, 6) is 0.775. The number of anilines is 3. The fourth-order valence-corrected chi connectivity index (χ4v) is 3.74. The molecule has 1 atom stereocenters. The van der Waals surface area contributed by atoms with E-state index in [1.807, 2.05) is 17.2 Å². The Kier molecular flexibility index (Phi) is 4.39.